The van der Waals surface area contributed by atoms with Crippen LogP contribution in [0.4, 0.5) is 0 Å². The summed E-state index contributed by atoms with van der Waals surface area (Å²) in [7, 11) is 0. The Bertz CT molecular complexity index is 994. The minimum atomic E-state index is -0.356. The lowest BCUT2D eigenvalue weighted by molar-refractivity contribution is 0.0712. The van der Waals surface area contributed by atoms with Gasteiger partial charge in [0.2, 0.25) is 0 Å². The molecule has 0 radical (unpaired) electrons. The summed E-state index contributed by atoms with van der Waals surface area (Å²) in [5, 5.41) is 6.59. The highest BCUT2D eigenvalue weighted by molar-refractivity contribution is 6.31. The number of piperidine rings is 1. The van der Waals surface area contributed by atoms with E-state index in [-0.39, 0.29) is 22.4 Å². The first-order valence-corrected chi connectivity index (χ1v) is 8.99. The monoisotopic (exact) mass is 384 g/mol. The summed E-state index contributed by atoms with van der Waals surface area (Å²) in [6, 6.07) is 3.56. The van der Waals surface area contributed by atoms with Gasteiger partial charge in [-0.05, 0) is 25.0 Å². The molecular weight excluding hydrogens is 368 g/mol. The van der Waals surface area contributed by atoms with E-state index in [1.807, 2.05) is 0 Å². The van der Waals surface area contributed by atoms with E-state index in [0.717, 1.165) is 5.56 Å². The molecule has 0 atom stereocenters. The third kappa shape index (κ3) is 3.48. The molecule has 0 spiro atoms. The van der Waals surface area contributed by atoms with Crippen LogP contribution in [0.15, 0.2) is 41.7 Å². The summed E-state index contributed by atoms with van der Waals surface area (Å²) >= 11 is 6.25. The number of nitrogens with one attached hydrogen (secondary N) is 2. The Balaban J connectivity index is 1.55. The number of hydrogen-bond acceptors (Lipinski definition) is 5. The summed E-state index contributed by atoms with van der Waals surface area (Å²) in [5.74, 6) is 0.442. The van der Waals surface area contributed by atoms with E-state index in [0.29, 0.717) is 43.0 Å². The van der Waals surface area contributed by atoms with Gasteiger partial charge < -0.3 is 9.88 Å². The molecule has 2 N–H and O–H groups in total. The minimum Gasteiger partial charge on any atom is -0.339 e. The van der Waals surface area contributed by atoms with Gasteiger partial charge in [0.1, 0.15) is 10.8 Å². The Morgan fingerprint density at radius 1 is 1.22 bits per heavy atom. The van der Waals surface area contributed by atoms with Gasteiger partial charge in [0.15, 0.2) is 0 Å². The summed E-state index contributed by atoms with van der Waals surface area (Å²) in [5.41, 5.74) is 1.54. The lowest BCUT2D eigenvalue weighted by atomic mass is 9.92. The average molecular weight is 385 g/mol. The van der Waals surface area contributed by atoms with E-state index in [9.17, 15) is 9.59 Å². The Kier molecular flexibility index (Phi) is 4.72. The topological polar surface area (TPSA) is 108 Å². The summed E-state index contributed by atoms with van der Waals surface area (Å²) in [6.45, 7) is 1.15. The Morgan fingerprint density at radius 3 is 2.63 bits per heavy atom. The van der Waals surface area contributed by atoms with E-state index >= 15 is 0 Å². The molecule has 4 rings (SSSR count). The second kappa shape index (κ2) is 7.32. The number of carbonyl (C=O) groups is 1. The van der Waals surface area contributed by atoms with Crippen molar-refractivity contribution in [1.82, 2.24) is 30.0 Å². The number of rotatable bonds is 3. The fourth-order valence-corrected chi connectivity index (χ4v) is 3.54. The van der Waals surface area contributed by atoms with E-state index < -0.39 is 0 Å². The first kappa shape index (κ1) is 17.4. The second-order valence-electron chi connectivity index (χ2n) is 6.40. The molecule has 1 saturated heterocycles. The molecule has 0 unspecified atom stereocenters. The molecule has 1 aliphatic rings. The van der Waals surface area contributed by atoms with Gasteiger partial charge in [0.25, 0.3) is 11.5 Å². The van der Waals surface area contributed by atoms with Crippen molar-refractivity contribution in [2.45, 2.75) is 18.8 Å². The molecule has 3 aromatic heterocycles. The largest absolute Gasteiger partial charge is 0.339 e. The number of aromatic nitrogens is 5. The smallest absolute Gasteiger partial charge is 0.270 e. The maximum atomic E-state index is 12.4. The van der Waals surface area contributed by atoms with Crippen LogP contribution in [0.5, 0.6) is 0 Å². The van der Waals surface area contributed by atoms with Crippen molar-refractivity contribution in [2.24, 2.45) is 0 Å². The normalized spacial score (nSPS) is 15.1. The van der Waals surface area contributed by atoms with Crippen LogP contribution in [0.25, 0.3) is 11.4 Å². The van der Waals surface area contributed by atoms with Crippen LogP contribution in [0.2, 0.25) is 5.02 Å². The van der Waals surface area contributed by atoms with Crippen LogP contribution < -0.4 is 5.56 Å². The maximum Gasteiger partial charge on any atom is 0.270 e. The number of halogens is 1. The number of nitrogens with zero attached hydrogens (tertiary/aromatic N) is 4. The molecule has 1 fully saturated rings. The molecule has 3 aromatic rings. The van der Waals surface area contributed by atoms with E-state index in [1.165, 1.54) is 6.20 Å². The number of aromatic amines is 2. The predicted molar refractivity (Wildman–Crippen MR) is 99.6 cm³/mol. The first-order valence-electron chi connectivity index (χ1n) is 8.61. The SMILES string of the molecule is O=C(c1cn[nH]c1)N1CCC(c2nc(-c3ccncc3)[nH]c(=O)c2Cl)CC1. The number of amides is 1. The van der Waals surface area contributed by atoms with Gasteiger partial charge in [-0.3, -0.25) is 19.7 Å². The molecule has 4 heterocycles. The Morgan fingerprint density at radius 2 is 1.96 bits per heavy atom. The minimum absolute atomic E-state index is 0.0220. The number of carbonyl (C=O) groups excluding carboxylic acids is 1. The maximum absolute atomic E-state index is 12.4. The summed E-state index contributed by atoms with van der Waals surface area (Å²) in [6.07, 6.45) is 7.77. The fraction of sp³-hybridized carbons (Fsp3) is 0.278. The standard InChI is InChI=1S/C18H17ClN6O2/c19-14-15(23-16(24-17(14)26)12-1-5-20-6-2-12)11-3-7-25(8-4-11)18(27)13-9-21-22-10-13/h1-2,5-6,9-11H,3-4,7-8H2,(H,21,22)(H,23,24,26). The van der Waals surface area contributed by atoms with Crippen LogP contribution in [0.3, 0.4) is 0 Å². The third-order valence-electron chi connectivity index (χ3n) is 4.76. The molecule has 0 saturated carbocycles. The van der Waals surface area contributed by atoms with Crippen molar-refractivity contribution < 1.29 is 4.79 Å². The molecule has 0 aromatic carbocycles. The molecule has 138 valence electrons. The lowest BCUT2D eigenvalue weighted by Gasteiger charge is -2.31. The Labute approximate surface area is 159 Å². The highest BCUT2D eigenvalue weighted by Crippen LogP contribution is 2.31. The zero-order valence-electron chi connectivity index (χ0n) is 14.4. The Hall–Kier alpha value is -3.00. The van der Waals surface area contributed by atoms with E-state index in [1.54, 1.807) is 35.6 Å². The molecular formula is C18H17ClN6O2. The van der Waals surface area contributed by atoms with Gasteiger partial charge in [0.05, 0.1) is 17.5 Å². The quantitative estimate of drug-likeness (QED) is 0.719. The summed E-state index contributed by atoms with van der Waals surface area (Å²) in [4.78, 5) is 37.8. The number of pyridine rings is 1. The van der Waals surface area contributed by atoms with Crippen molar-refractivity contribution in [3.8, 4) is 11.4 Å². The van der Waals surface area contributed by atoms with Crippen molar-refractivity contribution >= 4 is 17.5 Å². The van der Waals surface area contributed by atoms with Crippen molar-refractivity contribution in [2.75, 3.05) is 13.1 Å². The van der Waals surface area contributed by atoms with Gasteiger partial charge in [-0.15, -0.1) is 0 Å². The van der Waals surface area contributed by atoms with Crippen LogP contribution in [-0.4, -0.2) is 49.0 Å². The zero-order chi connectivity index (χ0) is 18.8. The fourth-order valence-electron chi connectivity index (χ4n) is 3.30. The van der Waals surface area contributed by atoms with Gasteiger partial charge in [0, 0.05) is 43.2 Å². The van der Waals surface area contributed by atoms with Crippen LogP contribution in [0, 0.1) is 0 Å². The van der Waals surface area contributed by atoms with Gasteiger partial charge in [-0.2, -0.15) is 5.10 Å². The molecule has 1 aliphatic heterocycles. The van der Waals surface area contributed by atoms with Gasteiger partial charge in [-0.25, -0.2) is 4.98 Å². The van der Waals surface area contributed by atoms with Crippen molar-refractivity contribution in [1.29, 1.82) is 0 Å². The van der Waals surface area contributed by atoms with Gasteiger partial charge >= 0.3 is 0 Å². The second-order valence-corrected chi connectivity index (χ2v) is 6.78. The molecule has 1 amide bonds. The molecule has 27 heavy (non-hydrogen) atoms. The van der Waals surface area contributed by atoms with Gasteiger partial charge in [-0.1, -0.05) is 11.6 Å². The average Bonchev–Trinajstić information content (AvgIpc) is 3.25. The molecule has 8 nitrogen and oxygen atoms in total. The lowest BCUT2D eigenvalue weighted by Crippen LogP contribution is -2.38. The summed E-state index contributed by atoms with van der Waals surface area (Å²) < 4.78 is 0. The number of H-pyrrole nitrogens is 2. The number of hydrogen-bond donors (Lipinski definition) is 2. The molecule has 0 bridgehead atoms. The van der Waals surface area contributed by atoms with Crippen molar-refractivity contribution in [3.63, 3.8) is 0 Å². The van der Waals surface area contributed by atoms with Crippen LogP contribution >= 0.6 is 11.6 Å². The third-order valence-corrected chi connectivity index (χ3v) is 5.12. The molecule has 0 aliphatic carbocycles. The van der Waals surface area contributed by atoms with Crippen LogP contribution in [0.1, 0.15) is 34.8 Å². The first-order chi connectivity index (χ1) is 13.1. The van der Waals surface area contributed by atoms with Crippen LogP contribution in [-0.2, 0) is 0 Å². The van der Waals surface area contributed by atoms with E-state index in [4.69, 9.17) is 11.6 Å². The number of likely N-dealkylation sites (tertiary alicyclic amines) is 1. The zero-order valence-corrected chi connectivity index (χ0v) is 15.1. The van der Waals surface area contributed by atoms with Crippen molar-refractivity contribution in [3.05, 3.63) is 63.6 Å². The van der Waals surface area contributed by atoms with E-state index in [2.05, 4.69) is 25.1 Å². The highest BCUT2D eigenvalue weighted by atomic mass is 35.5. The highest BCUT2D eigenvalue weighted by Gasteiger charge is 2.28. The predicted octanol–water partition coefficient (Wildman–Crippen LogP) is 2.23. The molecule has 9 heteroatoms.